The van der Waals surface area contributed by atoms with Crippen molar-refractivity contribution in [2.75, 3.05) is 19.6 Å². The van der Waals surface area contributed by atoms with Gasteiger partial charge in [0.25, 0.3) is 5.91 Å². The molecule has 1 atom stereocenters. The van der Waals surface area contributed by atoms with E-state index in [2.05, 4.69) is 15.3 Å². The third-order valence-corrected chi connectivity index (χ3v) is 5.55. The Hall–Kier alpha value is -2.29. The fraction of sp³-hybridized carbons (Fsp3) is 0.588. The van der Waals surface area contributed by atoms with Gasteiger partial charge in [0.2, 0.25) is 5.91 Å². The molecule has 3 rings (SSSR count). The van der Waals surface area contributed by atoms with Crippen molar-refractivity contribution in [1.82, 2.24) is 29.8 Å². The van der Waals surface area contributed by atoms with Gasteiger partial charge >= 0.3 is 0 Å². The lowest BCUT2D eigenvalue weighted by Gasteiger charge is -2.33. The van der Waals surface area contributed by atoms with E-state index < -0.39 is 0 Å². The number of hydrogen-bond acceptors (Lipinski definition) is 6. The Morgan fingerprint density at radius 2 is 2.12 bits per heavy atom. The van der Waals surface area contributed by atoms with Crippen LogP contribution < -0.4 is 0 Å². The summed E-state index contributed by atoms with van der Waals surface area (Å²) in [4.78, 5) is 33.1. The first kappa shape index (κ1) is 18.5. The monoisotopic (exact) mass is 376 g/mol. The van der Waals surface area contributed by atoms with Crippen LogP contribution in [0.25, 0.3) is 0 Å². The number of nitrogens with zero attached hydrogens (tertiary/aromatic N) is 6. The van der Waals surface area contributed by atoms with Gasteiger partial charge in [0, 0.05) is 31.2 Å². The number of amides is 2. The average molecular weight is 376 g/mol. The molecule has 1 unspecified atom stereocenters. The molecule has 1 aliphatic heterocycles. The maximum atomic E-state index is 12.9. The third-order valence-electron chi connectivity index (χ3n) is 4.67. The fourth-order valence-corrected chi connectivity index (χ4v) is 4.05. The van der Waals surface area contributed by atoms with Gasteiger partial charge in [-0.1, -0.05) is 5.21 Å². The number of likely N-dealkylation sites (tertiary alicyclic amines) is 1. The van der Waals surface area contributed by atoms with E-state index in [1.54, 1.807) is 28.6 Å². The minimum Gasteiger partial charge on any atom is -0.342 e. The zero-order valence-electron chi connectivity index (χ0n) is 15.2. The first-order chi connectivity index (χ1) is 12.6. The smallest absolute Gasteiger partial charge is 0.276 e. The lowest BCUT2D eigenvalue weighted by Crippen LogP contribution is -2.38. The summed E-state index contributed by atoms with van der Waals surface area (Å²) in [6, 6.07) is -0.00120. The van der Waals surface area contributed by atoms with Crippen LogP contribution >= 0.6 is 11.3 Å². The number of carbonyl (C=O) groups excluding carboxylic acids is 2. The highest BCUT2D eigenvalue weighted by Gasteiger charge is 2.31. The quantitative estimate of drug-likeness (QED) is 0.770. The van der Waals surface area contributed by atoms with Gasteiger partial charge < -0.3 is 9.80 Å². The summed E-state index contributed by atoms with van der Waals surface area (Å²) in [7, 11) is 0. The fourth-order valence-electron chi connectivity index (χ4n) is 3.27. The van der Waals surface area contributed by atoms with Crippen molar-refractivity contribution in [3.05, 3.63) is 28.5 Å². The molecule has 0 spiro atoms. The molecule has 2 aromatic heterocycles. The molecule has 140 valence electrons. The van der Waals surface area contributed by atoms with Crippen LogP contribution in [-0.2, 0) is 11.3 Å². The lowest BCUT2D eigenvalue weighted by molar-refractivity contribution is -0.131. The number of likely N-dealkylation sites (N-methyl/N-ethyl adjacent to an activating group) is 1. The Morgan fingerprint density at radius 3 is 2.81 bits per heavy atom. The predicted octanol–water partition coefficient (Wildman–Crippen LogP) is 1.97. The highest BCUT2D eigenvalue weighted by molar-refractivity contribution is 7.09. The zero-order chi connectivity index (χ0) is 18.5. The largest absolute Gasteiger partial charge is 0.342 e. The van der Waals surface area contributed by atoms with Crippen molar-refractivity contribution < 1.29 is 9.59 Å². The standard InChI is InChI=1S/C17H24N6O2S/c1-3-21(4-2)15(24)12-22-11-13(19-20-22)17(25)23-9-6-5-7-14(23)16-18-8-10-26-16/h8,10-11,14H,3-7,9,12H2,1-2H3. The summed E-state index contributed by atoms with van der Waals surface area (Å²) in [6.07, 6.45) is 6.30. The molecule has 1 aliphatic rings. The van der Waals surface area contributed by atoms with Crippen molar-refractivity contribution in [2.24, 2.45) is 0 Å². The molecule has 2 aromatic rings. The second kappa shape index (κ2) is 8.39. The molecule has 0 radical (unpaired) electrons. The van der Waals surface area contributed by atoms with Gasteiger partial charge in [-0.15, -0.1) is 16.4 Å². The van der Waals surface area contributed by atoms with E-state index in [-0.39, 0.29) is 30.1 Å². The summed E-state index contributed by atoms with van der Waals surface area (Å²) < 4.78 is 1.44. The number of carbonyl (C=O) groups is 2. The van der Waals surface area contributed by atoms with Crippen molar-refractivity contribution in [2.45, 2.75) is 45.7 Å². The summed E-state index contributed by atoms with van der Waals surface area (Å²) in [5.41, 5.74) is 0.279. The van der Waals surface area contributed by atoms with Crippen LogP contribution in [0.15, 0.2) is 17.8 Å². The number of aromatic nitrogens is 4. The summed E-state index contributed by atoms with van der Waals surface area (Å²) in [6.45, 7) is 5.96. The van der Waals surface area contributed by atoms with Gasteiger partial charge in [-0.25, -0.2) is 9.67 Å². The highest BCUT2D eigenvalue weighted by Crippen LogP contribution is 2.32. The Bertz CT molecular complexity index is 740. The summed E-state index contributed by atoms with van der Waals surface area (Å²) >= 11 is 1.57. The molecule has 26 heavy (non-hydrogen) atoms. The highest BCUT2D eigenvalue weighted by atomic mass is 32.1. The van der Waals surface area contributed by atoms with Crippen LogP contribution in [0.1, 0.15) is 54.6 Å². The Balaban J connectivity index is 1.71. The molecule has 0 saturated carbocycles. The van der Waals surface area contributed by atoms with Crippen LogP contribution in [0, 0.1) is 0 Å². The zero-order valence-corrected chi connectivity index (χ0v) is 16.0. The minimum atomic E-state index is -0.147. The summed E-state index contributed by atoms with van der Waals surface area (Å²) in [5, 5.41) is 10.9. The van der Waals surface area contributed by atoms with Crippen LogP contribution in [0.3, 0.4) is 0 Å². The lowest BCUT2D eigenvalue weighted by atomic mass is 10.0. The Kier molecular flexibility index (Phi) is 5.97. The predicted molar refractivity (Wildman–Crippen MR) is 97.7 cm³/mol. The number of hydrogen-bond donors (Lipinski definition) is 0. The normalized spacial score (nSPS) is 17.3. The molecule has 0 N–H and O–H groups in total. The molecular formula is C17H24N6O2S. The van der Waals surface area contributed by atoms with E-state index in [1.807, 2.05) is 24.1 Å². The van der Waals surface area contributed by atoms with E-state index in [9.17, 15) is 9.59 Å². The minimum absolute atomic E-state index is 0.00120. The van der Waals surface area contributed by atoms with Crippen LogP contribution in [0.5, 0.6) is 0 Å². The molecule has 2 amide bonds. The Morgan fingerprint density at radius 1 is 1.31 bits per heavy atom. The molecule has 3 heterocycles. The molecule has 0 bridgehead atoms. The van der Waals surface area contributed by atoms with Gasteiger partial charge in [0.1, 0.15) is 11.6 Å². The van der Waals surface area contributed by atoms with E-state index in [4.69, 9.17) is 0 Å². The maximum absolute atomic E-state index is 12.9. The molecule has 0 aliphatic carbocycles. The molecule has 0 aromatic carbocycles. The van der Waals surface area contributed by atoms with Gasteiger partial charge in [0.05, 0.1) is 12.2 Å². The third kappa shape index (κ3) is 3.92. The van der Waals surface area contributed by atoms with Crippen molar-refractivity contribution in [3.63, 3.8) is 0 Å². The average Bonchev–Trinajstić information content (AvgIpc) is 3.34. The van der Waals surface area contributed by atoms with Crippen molar-refractivity contribution in [3.8, 4) is 0 Å². The molecule has 8 nitrogen and oxygen atoms in total. The maximum Gasteiger partial charge on any atom is 0.276 e. The first-order valence-corrected chi connectivity index (χ1v) is 9.90. The SMILES string of the molecule is CCN(CC)C(=O)Cn1cc(C(=O)N2CCCCC2c2nccs2)nn1. The molecule has 1 saturated heterocycles. The van der Waals surface area contributed by atoms with E-state index in [1.165, 1.54) is 4.68 Å². The van der Waals surface area contributed by atoms with Crippen molar-refractivity contribution >= 4 is 23.2 Å². The van der Waals surface area contributed by atoms with Gasteiger partial charge in [-0.3, -0.25) is 9.59 Å². The summed E-state index contributed by atoms with van der Waals surface area (Å²) in [5.74, 6) is -0.177. The number of piperidine rings is 1. The van der Waals surface area contributed by atoms with Crippen LogP contribution in [0.2, 0.25) is 0 Å². The van der Waals surface area contributed by atoms with Crippen LogP contribution in [0.4, 0.5) is 0 Å². The first-order valence-electron chi connectivity index (χ1n) is 9.02. The van der Waals surface area contributed by atoms with Gasteiger partial charge in [0.15, 0.2) is 5.69 Å². The number of rotatable bonds is 6. The second-order valence-corrected chi connectivity index (χ2v) is 7.17. The molecular weight excluding hydrogens is 352 g/mol. The van der Waals surface area contributed by atoms with Gasteiger partial charge in [-0.05, 0) is 33.1 Å². The second-order valence-electron chi connectivity index (χ2n) is 6.25. The molecule has 9 heteroatoms. The van der Waals surface area contributed by atoms with Gasteiger partial charge in [-0.2, -0.15) is 0 Å². The van der Waals surface area contributed by atoms with E-state index in [0.717, 1.165) is 24.3 Å². The Labute approximate surface area is 156 Å². The van der Waals surface area contributed by atoms with E-state index >= 15 is 0 Å². The molecule has 1 fully saturated rings. The van der Waals surface area contributed by atoms with Crippen molar-refractivity contribution in [1.29, 1.82) is 0 Å². The number of thiazole rings is 1. The van der Waals surface area contributed by atoms with Crippen LogP contribution in [-0.4, -0.2) is 61.2 Å². The topological polar surface area (TPSA) is 84.2 Å². The van der Waals surface area contributed by atoms with E-state index in [0.29, 0.717) is 19.6 Å².